The molecule has 0 spiro atoms. The number of carbonyl (C=O) groups is 2. The molecule has 0 aliphatic carbocycles. The summed E-state index contributed by atoms with van der Waals surface area (Å²) >= 11 is 0. The van der Waals surface area contributed by atoms with Gasteiger partial charge in [0.25, 0.3) is 0 Å². The van der Waals surface area contributed by atoms with Crippen LogP contribution < -0.4 is 5.32 Å². The summed E-state index contributed by atoms with van der Waals surface area (Å²) in [6.07, 6.45) is -1.75. The molecule has 132 valence electrons. The fourth-order valence-corrected chi connectivity index (χ4v) is 2.13. The zero-order chi connectivity index (χ0) is 18.4. The van der Waals surface area contributed by atoms with E-state index in [4.69, 9.17) is 9.84 Å². The highest BCUT2D eigenvalue weighted by Gasteiger charge is 2.25. The topological polar surface area (TPSA) is 75.6 Å². The van der Waals surface area contributed by atoms with Crippen LogP contribution in [-0.2, 0) is 16.1 Å². The van der Waals surface area contributed by atoms with Crippen LogP contribution in [0, 0.1) is 17.5 Å². The summed E-state index contributed by atoms with van der Waals surface area (Å²) in [5, 5.41) is 11.0. The number of hydrogen-bond acceptors (Lipinski definition) is 3. The summed E-state index contributed by atoms with van der Waals surface area (Å²) in [6.45, 7) is -0.0905. The van der Waals surface area contributed by atoms with Gasteiger partial charge in [0, 0.05) is 5.56 Å². The number of alkyl carbamates (subject to hydrolysis) is 1. The summed E-state index contributed by atoms with van der Waals surface area (Å²) < 4.78 is 45.2. The molecule has 8 heteroatoms. The zero-order valence-electron chi connectivity index (χ0n) is 12.8. The van der Waals surface area contributed by atoms with Crippen LogP contribution in [0.15, 0.2) is 42.5 Å². The standard InChI is InChI=1S/C17H14F3NO4/c18-12-7-6-11(15(19)16(12)20)13(8-14(22)23)21-17(24)25-9-10-4-2-1-3-5-10/h1-7,13H,8-9H2,(H,21,24)(H,22,23)/t13-/m1/s1. The van der Waals surface area contributed by atoms with Gasteiger partial charge >= 0.3 is 12.1 Å². The zero-order valence-corrected chi connectivity index (χ0v) is 12.8. The van der Waals surface area contributed by atoms with Gasteiger partial charge in [-0.15, -0.1) is 0 Å². The lowest BCUT2D eigenvalue weighted by Gasteiger charge is -2.18. The fourth-order valence-electron chi connectivity index (χ4n) is 2.13. The molecular formula is C17H14F3NO4. The van der Waals surface area contributed by atoms with Crippen LogP contribution in [-0.4, -0.2) is 17.2 Å². The van der Waals surface area contributed by atoms with Crippen molar-refractivity contribution in [1.29, 1.82) is 0 Å². The van der Waals surface area contributed by atoms with E-state index < -0.39 is 47.5 Å². The molecule has 0 radical (unpaired) electrons. The van der Waals surface area contributed by atoms with Crippen LogP contribution in [0.1, 0.15) is 23.6 Å². The van der Waals surface area contributed by atoms with Crippen molar-refractivity contribution in [3.8, 4) is 0 Å². The smallest absolute Gasteiger partial charge is 0.407 e. The van der Waals surface area contributed by atoms with Crippen LogP contribution in [0.4, 0.5) is 18.0 Å². The fraction of sp³-hybridized carbons (Fsp3) is 0.176. The number of carbonyl (C=O) groups excluding carboxylic acids is 1. The van der Waals surface area contributed by atoms with Gasteiger partial charge in [0.2, 0.25) is 0 Å². The Kier molecular flexibility index (Phi) is 5.99. The lowest BCUT2D eigenvalue weighted by Crippen LogP contribution is -2.31. The minimum absolute atomic E-state index is 0.0905. The van der Waals surface area contributed by atoms with Crippen LogP contribution in [0.2, 0.25) is 0 Å². The Labute approximate surface area is 141 Å². The van der Waals surface area contributed by atoms with Gasteiger partial charge in [-0.25, -0.2) is 18.0 Å². The van der Waals surface area contributed by atoms with Crippen molar-refractivity contribution in [1.82, 2.24) is 5.32 Å². The SMILES string of the molecule is O=C(O)C[C@@H](NC(=O)OCc1ccccc1)c1ccc(F)c(F)c1F. The monoisotopic (exact) mass is 353 g/mol. The lowest BCUT2D eigenvalue weighted by molar-refractivity contribution is -0.137. The third kappa shape index (κ3) is 4.97. The summed E-state index contributed by atoms with van der Waals surface area (Å²) in [5.74, 6) is -6.08. The Bertz CT molecular complexity index is 768. The number of carboxylic acid groups (broad SMARTS) is 1. The molecule has 2 aromatic rings. The van der Waals surface area contributed by atoms with Crippen molar-refractivity contribution in [3.63, 3.8) is 0 Å². The van der Waals surface area contributed by atoms with Crippen LogP contribution >= 0.6 is 0 Å². The van der Waals surface area contributed by atoms with Crippen molar-refractivity contribution in [2.75, 3.05) is 0 Å². The maximum Gasteiger partial charge on any atom is 0.407 e. The number of amides is 1. The van der Waals surface area contributed by atoms with Gasteiger partial charge in [0.15, 0.2) is 17.5 Å². The summed E-state index contributed by atoms with van der Waals surface area (Å²) in [6, 6.07) is 8.77. The predicted octanol–water partition coefficient (Wildman–Crippen LogP) is 3.55. The molecule has 0 fully saturated rings. The summed E-state index contributed by atoms with van der Waals surface area (Å²) in [4.78, 5) is 22.8. The number of nitrogens with one attached hydrogen (secondary N) is 1. The molecule has 2 N–H and O–H groups in total. The number of halogens is 3. The van der Waals surface area contributed by atoms with Gasteiger partial charge in [0.05, 0.1) is 12.5 Å². The second kappa shape index (κ2) is 8.18. The first kappa shape index (κ1) is 18.3. The predicted molar refractivity (Wildman–Crippen MR) is 81.1 cm³/mol. The van der Waals surface area contributed by atoms with Gasteiger partial charge in [-0.05, 0) is 11.6 Å². The molecule has 0 bridgehead atoms. The number of rotatable bonds is 6. The van der Waals surface area contributed by atoms with E-state index in [9.17, 15) is 22.8 Å². The normalized spacial score (nSPS) is 11.6. The van der Waals surface area contributed by atoms with E-state index in [0.29, 0.717) is 11.6 Å². The third-order valence-corrected chi connectivity index (χ3v) is 3.32. The Morgan fingerprint density at radius 2 is 1.72 bits per heavy atom. The Morgan fingerprint density at radius 3 is 2.36 bits per heavy atom. The molecular weight excluding hydrogens is 339 g/mol. The van der Waals surface area contributed by atoms with E-state index in [1.165, 1.54) is 0 Å². The molecule has 1 amide bonds. The Balaban J connectivity index is 2.11. The Hall–Kier alpha value is -3.03. The Morgan fingerprint density at radius 1 is 1.04 bits per heavy atom. The average molecular weight is 353 g/mol. The van der Waals surface area contributed by atoms with Crippen molar-refractivity contribution >= 4 is 12.1 Å². The number of carboxylic acids is 1. The number of benzene rings is 2. The summed E-state index contributed by atoms with van der Waals surface area (Å²) in [7, 11) is 0. The molecule has 2 rings (SSSR count). The van der Waals surface area contributed by atoms with E-state index in [0.717, 1.165) is 6.07 Å². The van der Waals surface area contributed by atoms with Gasteiger partial charge in [-0.2, -0.15) is 0 Å². The molecule has 0 heterocycles. The van der Waals surface area contributed by atoms with E-state index in [1.807, 2.05) is 0 Å². The van der Waals surface area contributed by atoms with Gasteiger partial charge < -0.3 is 15.2 Å². The van der Waals surface area contributed by atoms with Crippen molar-refractivity contribution < 1.29 is 32.6 Å². The van der Waals surface area contributed by atoms with E-state index in [1.54, 1.807) is 30.3 Å². The highest BCUT2D eigenvalue weighted by Crippen LogP contribution is 2.24. The van der Waals surface area contributed by atoms with E-state index >= 15 is 0 Å². The number of aliphatic carboxylic acids is 1. The first-order valence-corrected chi connectivity index (χ1v) is 7.21. The molecule has 2 aromatic carbocycles. The second-order valence-electron chi connectivity index (χ2n) is 5.12. The van der Waals surface area contributed by atoms with Crippen LogP contribution in [0.3, 0.4) is 0 Å². The van der Waals surface area contributed by atoms with Crippen LogP contribution in [0.5, 0.6) is 0 Å². The minimum atomic E-state index is -1.74. The molecule has 5 nitrogen and oxygen atoms in total. The molecule has 0 aliphatic heterocycles. The van der Waals surface area contributed by atoms with Crippen molar-refractivity contribution in [2.24, 2.45) is 0 Å². The van der Waals surface area contributed by atoms with Gasteiger partial charge in [0.1, 0.15) is 6.61 Å². The molecule has 0 saturated carbocycles. The minimum Gasteiger partial charge on any atom is -0.481 e. The second-order valence-corrected chi connectivity index (χ2v) is 5.12. The average Bonchev–Trinajstić information content (AvgIpc) is 2.58. The first-order chi connectivity index (χ1) is 11.9. The van der Waals surface area contributed by atoms with Gasteiger partial charge in [-0.3, -0.25) is 4.79 Å². The quantitative estimate of drug-likeness (QED) is 0.779. The molecule has 0 aliphatic rings. The highest BCUT2D eigenvalue weighted by atomic mass is 19.2. The molecule has 0 aromatic heterocycles. The molecule has 0 saturated heterocycles. The highest BCUT2D eigenvalue weighted by molar-refractivity contribution is 5.72. The maximum absolute atomic E-state index is 13.9. The van der Waals surface area contributed by atoms with E-state index in [2.05, 4.69) is 5.32 Å². The van der Waals surface area contributed by atoms with Gasteiger partial charge in [-0.1, -0.05) is 36.4 Å². The number of hydrogen-bond donors (Lipinski definition) is 2. The van der Waals surface area contributed by atoms with E-state index in [-0.39, 0.29) is 6.61 Å². The summed E-state index contributed by atoms with van der Waals surface area (Å²) in [5.41, 5.74) is 0.199. The van der Waals surface area contributed by atoms with Crippen molar-refractivity contribution in [3.05, 3.63) is 71.0 Å². The molecule has 25 heavy (non-hydrogen) atoms. The number of ether oxygens (including phenoxy) is 1. The molecule has 1 atom stereocenters. The van der Waals surface area contributed by atoms with Crippen molar-refractivity contribution in [2.45, 2.75) is 19.1 Å². The largest absolute Gasteiger partial charge is 0.481 e. The first-order valence-electron chi connectivity index (χ1n) is 7.21. The molecule has 0 unspecified atom stereocenters. The lowest BCUT2D eigenvalue weighted by atomic mass is 10.0. The maximum atomic E-state index is 13.9. The van der Waals surface area contributed by atoms with Crippen LogP contribution in [0.25, 0.3) is 0 Å². The third-order valence-electron chi connectivity index (χ3n) is 3.32.